The summed E-state index contributed by atoms with van der Waals surface area (Å²) in [7, 11) is 3.60. The van der Waals surface area contributed by atoms with Crippen LogP contribution < -0.4 is 15.0 Å². The van der Waals surface area contributed by atoms with E-state index >= 15 is 0 Å². The molecule has 0 heterocycles. The minimum Gasteiger partial charge on any atom is -0.497 e. The fourth-order valence-corrected chi connectivity index (χ4v) is 1.61. The van der Waals surface area contributed by atoms with Crippen molar-refractivity contribution in [2.45, 2.75) is 19.9 Å². The van der Waals surface area contributed by atoms with E-state index < -0.39 is 0 Å². The third-order valence-corrected chi connectivity index (χ3v) is 2.57. The van der Waals surface area contributed by atoms with Gasteiger partial charge in [-0.15, -0.1) is 0 Å². The third-order valence-electron chi connectivity index (χ3n) is 2.18. The van der Waals surface area contributed by atoms with Crippen molar-refractivity contribution in [2.24, 2.45) is 0 Å². The van der Waals surface area contributed by atoms with Crippen LogP contribution in [0.3, 0.4) is 0 Å². The number of methoxy groups -OCH3 is 1. The summed E-state index contributed by atoms with van der Waals surface area (Å²) in [5, 5.41) is 3.92. The van der Waals surface area contributed by atoms with E-state index in [1.165, 1.54) is 0 Å². The fraction of sp³-hybridized carbons (Fsp3) is 0.417. The zero-order valence-corrected chi connectivity index (χ0v) is 11.0. The predicted molar refractivity (Wildman–Crippen MR) is 72.3 cm³/mol. The molecule has 0 fully saturated rings. The zero-order chi connectivity index (χ0) is 12.1. The highest BCUT2D eigenvalue weighted by Crippen LogP contribution is 2.18. The SMILES string of the molecule is COc1ccc(N(C)C(=S)NC(C)C)cc1. The third kappa shape index (κ3) is 3.38. The van der Waals surface area contributed by atoms with Crippen molar-refractivity contribution >= 4 is 23.0 Å². The van der Waals surface area contributed by atoms with E-state index in [2.05, 4.69) is 19.2 Å². The summed E-state index contributed by atoms with van der Waals surface area (Å²) in [5.41, 5.74) is 1.04. The molecule has 0 unspecified atom stereocenters. The van der Waals surface area contributed by atoms with Crippen molar-refractivity contribution < 1.29 is 4.74 Å². The number of hydrogen-bond donors (Lipinski definition) is 1. The Labute approximate surface area is 102 Å². The van der Waals surface area contributed by atoms with Gasteiger partial charge < -0.3 is 15.0 Å². The molecule has 4 heteroatoms. The minimum atomic E-state index is 0.341. The summed E-state index contributed by atoms with van der Waals surface area (Å²) >= 11 is 5.28. The van der Waals surface area contributed by atoms with Crippen LogP contribution in [-0.2, 0) is 0 Å². The Morgan fingerprint density at radius 3 is 2.31 bits per heavy atom. The molecule has 0 aliphatic heterocycles. The van der Waals surface area contributed by atoms with Crippen LogP contribution >= 0.6 is 12.2 Å². The van der Waals surface area contributed by atoms with Gasteiger partial charge in [0.1, 0.15) is 5.75 Å². The van der Waals surface area contributed by atoms with Crippen LogP contribution in [0.5, 0.6) is 5.75 Å². The monoisotopic (exact) mass is 238 g/mol. The first-order chi connectivity index (χ1) is 7.54. The molecule has 0 bridgehead atoms. The van der Waals surface area contributed by atoms with Crippen LogP contribution in [0.15, 0.2) is 24.3 Å². The van der Waals surface area contributed by atoms with Crippen LogP contribution in [0.1, 0.15) is 13.8 Å². The Kier molecular flexibility index (Phi) is 4.55. The maximum absolute atomic E-state index is 5.28. The van der Waals surface area contributed by atoms with Gasteiger partial charge in [-0.25, -0.2) is 0 Å². The number of nitrogens with one attached hydrogen (secondary N) is 1. The minimum absolute atomic E-state index is 0.341. The number of anilines is 1. The lowest BCUT2D eigenvalue weighted by molar-refractivity contribution is 0.415. The van der Waals surface area contributed by atoms with E-state index in [0.717, 1.165) is 16.5 Å². The summed E-state index contributed by atoms with van der Waals surface area (Å²) in [6.45, 7) is 4.13. The number of nitrogens with zero attached hydrogens (tertiary/aromatic N) is 1. The van der Waals surface area contributed by atoms with Crippen LogP contribution in [0.2, 0.25) is 0 Å². The topological polar surface area (TPSA) is 24.5 Å². The van der Waals surface area contributed by atoms with E-state index in [4.69, 9.17) is 17.0 Å². The van der Waals surface area contributed by atoms with Gasteiger partial charge >= 0.3 is 0 Å². The van der Waals surface area contributed by atoms with E-state index in [0.29, 0.717) is 6.04 Å². The van der Waals surface area contributed by atoms with Gasteiger partial charge in [-0.2, -0.15) is 0 Å². The normalized spacial score (nSPS) is 10.1. The highest BCUT2D eigenvalue weighted by molar-refractivity contribution is 7.80. The predicted octanol–water partition coefficient (Wildman–Crippen LogP) is 2.41. The summed E-state index contributed by atoms with van der Waals surface area (Å²) in [5.74, 6) is 0.847. The average Bonchev–Trinajstić information content (AvgIpc) is 2.27. The van der Waals surface area contributed by atoms with Gasteiger partial charge in [0.2, 0.25) is 0 Å². The lowest BCUT2D eigenvalue weighted by Gasteiger charge is -2.23. The van der Waals surface area contributed by atoms with Crippen LogP contribution in [0.25, 0.3) is 0 Å². The number of ether oxygens (including phenoxy) is 1. The maximum Gasteiger partial charge on any atom is 0.173 e. The van der Waals surface area contributed by atoms with Gasteiger partial charge in [0.15, 0.2) is 5.11 Å². The highest BCUT2D eigenvalue weighted by atomic mass is 32.1. The van der Waals surface area contributed by atoms with E-state index in [-0.39, 0.29) is 0 Å². The number of hydrogen-bond acceptors (Lipinski definition) is 2. The molecule has 16 heavy (non-hydrogen) atoms. The zero-order valence-electron chi connectivity index (χ0n) is 10.2. The van der Waals surface area contributed by atoms with Crippen molar-refractivity contribution in [3.05, 3.63) is 24.3 Å². The standard InChI is InChI=1S/C12H18N2OS/c1-9(2)13-12(16)14(3)10-5-7-11(15-4)8-6-10/h5-9H,1-4H3,(H,13,16). The molecule has 0 radical (unpaired) electrons. The molecule has 0 aliphatic carbocycles. The van der Waals surface area contributed by atoms with E-state index in [9.17, 15) is 0 Å². The number of rotatable bonds is 3. The first-order valence-electron chi connectivity index (χ1n) is 5.23. The Morgan fingerprint density at radius 1 is 1.31 bits per heavy atom. The van der Waals surface area contributed by atoms with Crippen LogP contribution in [-0.4, -0.2) is 25.3 Å². The molecule has 0 aromatic heterocycles. The molecule has 1 N–H and O–H groups in total. The van der Waals surface area contributed by atoms with Crippen molar-refractivity contribution in [3.8, 4) is 5.75 Å². The van der Waals surface area contributed by atoms with Crippen molar-refractivity contribution in [3.63, 3.8) is 0 Å². The Morgan fingerprint density at radius 2 is 1.88 bits per heavy atom. The van der Waals surface area contributed by atoms with Gasteiger partial charge in [-0.3, -0.25) is 0 Å². The molecule has 0 saturated heterocycles. The maximum atomic E-state index is 5.28. The quantitative estimate of drug-likeness (QED) is 0.817. The second kappa shape index (κ2) is 5.70. The molecule has 0 spiro atoms. The highest BCUT2D eigenvalue weighted by Gasteiger charge is 2.07. The van der Waals surface area contributed by atoms with Crippen molar-refractivity contribution in [1.29, 1.82) is 0 Å². The molecule has 3 nitrogen and oxygen atoms in total. The molecule has 0 amide bonds. The second-order valence-corrected chi connectivity index (χ2v) is 4.25. The summed E-state index contributed by atoms with van der Waals surface area (Å²) in [4.78, 5) is 1.94. The molecular weight excluding hydrogens is 220 g/mol. The number of benzene rings is 1. The molecule has 1 rings (SSSR count). The molecule has 0 atom stereocenters. The van der Waals surface area contributed by atoms with Crippen molar-refractivity contribution in [2.75, 3.05) is 19.1 Å². The fourth-order valence-electron chi connectivity index (χ4n) is 1.27. The molecule has 1 aromatic carbocycles. The molecule has 88 valence electrons. The van der Waals surface area contributed by atoms with Crippen LogP contribution in [0, 0.1) is 0 Å². The van der Waals surface area contributed by atoms with Gasteiger partial charge in [-0.1, -0.05) is 0 Å². The first kappa shape index (κ1) is 12.8. The molecule has 0 aliphatic rings. The van der Waals surface area contributed by atoms with Gasteiger partial charge in [0, 0.05) is 18.8 Å². The Hall–Kier alpha value is -1.29. The van der Waals surface area contributed by atoms with E-state index in [1.807, 2.05) is 36.2 Å². The lowest BCUT2D eigenvalue weighted by Crippen LogP contribution is -2.40. The van der Waals surface area contributed by atoms with Crippen LogP contribution in [0.4, 0.5) is 5.69 Å². The first-order valence-corrected chi connectivity index (χ1v) is 5.63. The summed E-state index contributed by atoms with van der Waals surface area (Å²) in [6, 6.07) is 8.14. The Bertz CT molecular complexity index is 349. The lowest BCUT2D eigenvalue weighted by atomic mass is 10.3. The van der Waals surface area contributed by atoms with E-state index in [1.54, 1.807) is 7.11 Å². The van der Waals surface area contributed by atoms with Gasteiger partial charge in [0.05, 0.1) is 7.11 Å². The van der Waals surface area contributed by atoms with Gasteiger partial charge in [-0.05, 0) is 50.3 Å². The number of thiocarbonyl (C=S) groups is 1. The summed E-state index contributed by atoms with van der Waals surface area (Å²) in [6.07, 6.45) is 0. The smallest absolute Gasteiger partial charge is 0.173 e. The summed E-state index contributed by atoms with van der Waals surface area (Å²) < 4.78 is 5.11. The second-order valence-electron chi connectivity index (χ2n) is 3.86. The van der Waals surface area contributed by atoms with Gasteiger partial charge in [0.25, 0.3) is 0 Å². The Balaban J connectivity index is 2.72. The average molecular weight is 238 g/mol. The molecular formula is C12H18N2OS. The molecule has 0 saturated carbocycles. The molecule has 1 aromatic rings. The largest absolute Gasteiger partial charge is 0.497 e. The van der Waals surface area contributed by atoms with Crippen molar-refractivity contribution in [1.82, 2.24) is 5.32 Å².